The highest BCUT2D eigenvalue weighted by atomic mass is 32.2. The lowest BCUT2D eigenvalue weighted by molar-refractivity contribution is 0.455. The fourth-order valence-corrected chi connectivity index (χ4v) is 3.86. The number of hydrogen-bond donors (Lipinski definition) is 1. The van der Waals surface area contributed by atoms with Crippen molar-refractivity contribution in [2.24, 2.45) is 5.92 Å². The molecule has 2 rings (SSSR count). The van der Waals surface area contributed by atoms with Crippen molar-refractivity contribution in [1.29, 1.82) is 5.26 Å². The van der Waals surface area contributed by atoms with Crippen LogP contribution in [0.15, 0.2) is 0 Å². The summed E-state index contributed by atoms with van der Waals surface area (Å²) in [5.41, 5.74) is 0. The summed E-state index contributed by atoms with van der Waals surface area (Å²) in [6.07, 6.45) is 7.69. The second-order valence-corrected chi connectivity index (χ2v) is 6.08. The highest BCUT2D eigenvalue weighted by molar-refractivity contribution is 7.99. The number of hydrogen-bond acceptors (Lipinski definition) is 3. The first-order valence-electron chi connectivity index (χ1n) is 6.15. The highest BCUT2D eigenvalue weighted by Gasteiger charge is 2.27. The number of rotatable bonds is 3. The molecule has 2 aliphatic rings. The number of nitrogens with one attached hydrogen (secondary N) is 1. The Kier molecular flexibility index (Phi) is 4.34. The summed E-state index contributed by atoms with van der Waals surface area (Å²) in [5.74, 6) is 1.61. The third-order valence-corrected chi connectivity index (χ3v) is 4.96. The minimum atomic E-state index is 0.276. The van der Waals surface area contributed by atoms with Gasteiger partial charge in [-0.05, 0) is 31.4 Å². The topological polar surface area (TPSA) is 35.8 Å². The van der Waals surface area contributed by atoms with Crippen LogP contribution in [0.4, 0.5) is 0 Å². The molecule has 0 bridgehead atoms. The van der Waals surface area contributed by atoms with Crippen LogP contribution in [0, 0.1) is 17.2 Å². The van der Waals surface area contributed by atoms with E-state index in [2.05, 4.69) is 23.1 Å². The molecule has 3 heteroatoms. The van der Waals surface area contributed by atoms with Crippen LogP contribution in [0.25, 0.3) is 0 Å². The summed E-state index contributed by atoms with van der Waals surface area (Å²) in [6.45, 7) is 1.12. The Labute approximate surface area is 96.8 Å². The van der Waals surface area contributed by atoms with Gasteiger partial charge in [-0.15, -0.1) is 0 Å². The van der Waals surface area contributed by atoms with Gasteiger partial charge in [-0.3, -0.25) is 0 Å². The number of nitriles is 1. The fraction of sp³-hybridized carbons (Fsp3) is 0.917. The molecule has 3 atom stereocenters. The fourth-order valence-electron chi connectivity index (χ4n) is 2.61. The molecule has 0 spiro atoms. The molecule has 1 N–H and O–H groups in total. The van der Waals surface area contributed by atoms with E-state index >= 15 is 0 Å². The van der Waals surface area contributed by atoms with E-state index in [9.17, 15) is 0 Å². The van der Waals surface area contributed by atoms with Crippen LogP contribution < -0.4 is 5.32 Å². The summed E-state index contributed by atoms with van der Waals surface area (Å²) >= 11 is 2.11. The van der Waals surface area contributed by atoms with Crippen LogP contribution >= 0.6 is 11.8 Å². The van der Waals surface area contributed by atoms with E-state index in [0.29, 0.717) is 6.04 Å². The molecule has 1 aliphatic carbocycles. The van der Waals surface area contributed by atoms with Crippen molar-refractivity contribution >= 4 is 11.8 Å². The zero-order valence-electron chi connectivity index (χ0n) is 9.24. The zero-order valence-corrected chi connectivity index (χ0v) is 10.1. The van der Waals surface area contributed by atoms with Gasteiger partial charge in [-0.1, -0.05) is 12.8 Å². The van der Waals surface area contributed by atoms with Crippen molar-refractivity contribution in [3.05, 3.63) is 0 Å². The molecule has 84 valence electrons. The molecule has 15 heavy (non-hydrogen) atoms. The quantitative estimate of drug-likeness (QED) is 0.800. The SMILES string of the molecule is N#CC1CCCC1NCC1CCCCS1. The zero-order chi connectivity index (χ0) is 10.5. The van der Waals surface area contributed by atoms with Crippen LogP contribution in [0.3, 0.4) is 0 Å². The van der Waals surface area contributed by atoms with Gasteiger partial charge < -0.3 is 5.32 Å². The normalized spacial score (nSPS) is 36.3. The first-order chi connectivity index (χ1) is 7.40. The summed E-state index contributed by atoms with van der Waals surface area (Å²) < 4.78 is 0. The van der Waals surface area contributed by atoms with Gasteiger partial charge in [0.15, 0.2) is 0 Å². The molecule has 1 saturated carbocycles. The van der Waals surface area contributed by atoms with E-state index < -0.39 is 0 Å². The smallest absolute Gasteiger partial charge is 0.0672 e. The van der Waals surface area contributed by atoms with Crippen molar-refractivity contribution in [3.63, 3.8) is 0 Å². The first kappa shape index (κ1) is 11.3. The van der Waals surface area contributed by atoms with Gasteiger partial charge in [0.05, 0.1) is 12.0 Å². The molecule has 3 unspecified atom stereocenters. The average Bonchev–Trinajstić information content (AvgIpc) is 2.75. The molecular weight excluding hydrogens is 204 g/mol. The summed E-state index contributed by atoms with van der Waals surface area (Å²) in [5, 5.41) is 13.4. The molecule has 1 saturated heterocycles. The van der Waals surface area contributed by atoms with Crippen molar-refractivity contribution in [2.45, 2.75) is 49.8 Å². The average molecular weight is 224 g/mol. The lowest BCUT2D eigenvalue weighted by atomic mass is 10.1. The Balaban J connectivity index is 1.70. The maximum atomic E-state index is 8.98. The van der Waals surface area contributed by atoms with Gasteiger partial charge in [0.2, 0.25) is 0 Å². The third-order valence-electron chi connectivity index (χ3n) is 3.56. The lowest BCUT2D eigenvalue weighted by Crippen LogP contribution is -2.37. The van der Waals surface area contributed by atoms with Crippen molar-refractivity contribution in [3.8, 4) is 6.07 Å². The number of thioether (sulfide) groups is 1. The Hall–Kier alpha value is -0.200. The third kappa shape index (κ3) is 3.12. The first-order valence-corrected chi connectivity index (χ1v) is 7.19. The van der Waals surface area contributed by atoms with Crippen LogP contribution in [-0.4, -0.2) is 23.6 Å². The summed E-state index contributed by atoms with van der Waals surface area (Å²) in [7, 11) is 0. The van der Waals surface area contributed by atoms with Crippen molar-refractivity contribution in [1.82, 2.24) is 5.32 Å². The molecule has 0 aromatic rings. The number of nitrogens with zero attached hydrogens (tertiary/aromatic N) is 1. The Morgan fingerprint density at radius 1 is 1.20 bits per heavy atom. The van der Waals surface area contributed by atoms with Crippen LogP contribution in [0.1, 0.15) is 38.5 Å². The van der Waals surface area contributed by atoms with Gasteiger partial charge in [0.1, 0.15) is 0 Å². The monoisotopic (exact) mass is 224 g/mol. The van der Waals surface area contributed by atoms with Crippen LogP contribution in [-0.2, 0) is 0 Å². The maximum absolute atomic E-state index is 8.98. The molecule has 1 aliphatic heterocycles. The molecule has 2 fully saturated rings. The Morgan fingerprint density at radius 3 is 2.87 bits per heavy atom. The molecule has 1 heterocycles. The van der Waals surface area contributed by atoms with Crippen LogP contribution in [0.5, 0.6) is 0 Å². The summed E-state index contributed by atoms with van der Waals surface area (Å²) in [6, 6.07) is 2.92. The lowest BCUT2D eigenvalue weighted by Gasteiger charge is -2.24. The van der Waals surface area contributed by atoms with Crippen molar-refractivity contribution < 1.29 is 0 Å². The summed E-state index contributed by atoms with van der Waals surface area (Å²) in [4.78, 5) is 0. The minimum absolute atomic E-state index is 0.276. The van der Waals surface area contributed by atoms with Crippen LogP contribution in [0.2, 0.25) is 0 Å². The van der Waals surface area contributed by atoms with E-state index in [-0.39, 0.29) is 5.92 Å². The largest absolute Gasteiger partial charge is 0.312 e. The van der Waals surface area contributed by atoms with Gasteiger partial charge in [0, 0.05) is 17.8 Å². The Morgan fingerprint density at radius 2 is 2.13 bits per heavy atom. The second kappa shape index (κ2) is 5.77. The maximum Gasteiger partial charge on any atom is 0.0672 e. The molecule has 0 amide bonds. The molecule has 2 nitrogen and oxygen atoms in total. The van der Waals surface area contributed by atoms with E-state index in [0.717, 1.165) is 18.2 Å². The van der Waals surface area contributed by atoms with E-state index in [1.54, 1.807) is 0 Å². The molecule has 0 radical (unpaired) electrons. The standard InChI is InChI=1S/C12H20N2S/c13-8-10-4-3-6-12(10)14-9-11-5-1-2-7-15-11/h10-12,14H,1-7,9H2. The Bertz CT molecular complexity index is 230. The minimum Gasteiger partial charge on any atom is -0.312 e. The van der Waals surface area contributed by atoms with Gasteiger partial charge in [0.25, 0.3) is 0 Å². The van der Waals surface area contributed by atoms with Gasteiger partial charge in [-0.2, -0.15) is 17.0 Å². The second-order valence-electron chi connectivity index (χ2n) is 4.67. The molecular formula is C12H20N2S. The van der Waals surface area contributed by atoms with E-state index in [1.807, 2.05) is 0 Å². The van der Waals surface area contributed by atoms with E-state index in [4.69, 9.17) is 5.26 Å². The van der Waals surface area contributed by atoms with E-state index in [1.165, 1.54) is 37.9 Å². The molecule has 0 aromatic heterocycles. The van der Waals surface area contributed by atoms with Gasteiger partial charge >= 0.3 is 0 Å². The molecule has 0 aromatic carbocycles. The predicted octanol–water partition coefficient (Wildman–Crippen LogP) is 2.55. The van der Waals surface area contributed by atoms with Gasteiger partial charge in [-0.25, -0.2) is 0 Å². The predicted molar refractivity (Wildman–Crippen MR) is 64.8 cm³/mol. The van der Waals surface area contributed by atoms with Crippen molar-refractivity contribution in [2.75, 3.05) is 12.3 Å². The highest BCUT2D eigenvalue weighted by Crippen LogP contribution is 2.27.